The molecule has 0 saturated carbocycles. The highest BCUT2D eigenvalue weighted by Gasteiger charge is 2.13. The van der Waals surface area contributed by atoms with Crippen LogP contribution in [-0.4, -0.2) is 25.6 Å². The first-order chi connectivity index (χ1) is 11.5. The Balaban J connectivity index is 1.95. The minimum Gasteiger partial charge on any atom is -0.481 e. The number of aryl methyl sites for hydroxylation is 1. The smallest absolute Gasteiger partial charge is 0.303 e. The van der Waals surface area contributed by atoms with Gasteiger partial charge in [-0.2, -0.15) is 0 Å². The predicted molar refractivity (Wildman–Crippen MR) is 93.7 cm³/mol. The fraction of sp³-hybridized carbons (Fsp3) is 0.235. The summed E-state index contributed by atoms with van der Waals surface area (Å²) in [7, 11) is 0. The van der Waals surface area contributed by atoms with Crippen LogP contribution in [0, 0.1) is 0 Å². The number of aliphatic carboxylic acids is 1. The molecule has 0 atom stereocenters. The molecule has 7 heteroatoms. The highest BCUT2D eigenvalue weighted by molar-refractivity contribution is 6.31. The number of fused-ring (bicyclic) bond motifs is 1. The van der Waals surface area contributed by atoms with Crippen molar-refractivity contribution in [3.05, 3.63) is 58.0 Å². The average Bonchev–Trinajstić information content (AvgIpc) is 2.86. The van der Waals surface area contributed by atoms with Crippen molar-refractivity contribution >= 4 is 40.3 Å². The Labute approximate surface area is 148 Å². The molecular weight excluding hydrogens is 349 g/mol. The van der Waals surface area contributed by atoms with E-state index in [4.69, 9.17) is 28.3 Å². The van der Waals surface area contributed by atoms with Crippen LogP contribution in [0.3, 0.4) is 0 Å². The maximum absolute atomic E-state index is 10.7. The van der Waals surface area contributed by atoms with E-state index in [1.165, 1.54) is 0 Å². The maximum atomic E-state index is 10.7. The number of benzene rings is 1. The number of carboxylic acid groups (broad SMARTS) is 1. The molecular formula is C17H15Cl2N3O2. The summed E-state index contributed by atoms with van der Waals surface area (Å²) >= 11 is 11.9. The third-order valence-corrected chi connectivity index (χ3v) is 4.13. The van der Waals surface area contributed by atoms with Crippen LogP contribution in [0.5, 0.6) is 0 Å². The van der Waals surface area contributed by atoms with Crippen LogP contribution >= 0.6 is 23.2 Å². The topological polar surface area (TPSA) is 68.0 Å². The number of pyridine rings is 1. The SMILES string of the molecule is O=C(O)CCCc1nc2cc(Cl)cnc2n1Cc1ccc(Cl)cc1. The molecule has 0 saturated heterocycles. The highest BCUT2D eigenvalue weighted by atomic mass is 35.5. The Bertz CT molecular complexity index is 875. The molecule has 0 fully saturated rings. The van der Waals surface area contributed by atoms with E-state index in [9.17, 15) is 4.79 Å². The minimum absolute atomic E-state index is 0.109. The van der Waals surface area contributed by atoms with E-state index in [1.807, 2.05) is 28.8 Å². The van der Waals surface area contributed by atoms with Crippen LogP contribution < -0.4 is 0 Å². The van der Waals surface area contributed by atoms with Crippen molar-refractivity contribution in [2.45, 2.75) is 25.8 Å². The van der Waals surface area contributed by atoms with Gasteiger partial charge in [-0.15, -0.1) is 0 Å². The van der Waals surface area contributed by atoms with Gasteiger partial charge in [0.25, 0.3) is 0 Å². The second kappa shape index (κ2) is 7.20. The summed E-state index contributed by atoms with van der Waals surface area (Å²) in [5, 5.41) is 10.0. The quantitative estimate of drug-likeness (QED) is 0.712. The molecule has 0 spiro atoms. The minimum atomic E-state index is -0.809. The highest BCUT2D eigenvalue weighted by Crippen LogP contribution is 2.21. The lowest BCUT2D eigenvalue weighted by Crippen LogP contribution is -2.07. The molecule has 0 aliphatic rings. The van der Waals surface area contributed by atoms with Crippen molar-refractivity contribution in [1.82, 2.24) is 14.5 Å². The summed E-state index contributed by atoms with van der Waals surface area (Å²) in [6.45, 7) is 0.588. The Morgan fingerprint density at radius 3 is 2.62 bits per heavy atom. The van der Waals surface area contributed by atoms with E-state index >= 15 is 0 Å². The van der Waals surface area contributed by atoms with Gasteiger partial charge in [-0.25, -0.2) is 9.97 Å². The number of imidazole rings is 1. The summed E-state index contributed by atoms with van der Waals surface area (Å²) in [4.78, 5) is 19.7. The van der Waals surface area contributed by atoms with E-state index in [1.54, 1.807) is 12.3 Å². The average molecular weight is 364 g/mol. The fourth-order valence-electron chi connectivity index (χ4n) is 2.56. The standard InChI is InChI=1S/C17H15Cl2N3O2/c18-12-6-4-11(5-7-12)10-22-15(2-1-3-16(23)24)21-14-8-13(19)9-20-17(14)22/h4-9H,1-3,10H2,(H,23,24). The zero-order valence-corrected chi connectivity index (χ0v) is 14.3. The number of carbonyl (C=O) groups is 1. The maximum Gasteiger partial charge on any atom is 0.303 e. The van der Waals surface area contributed by atoms with Gasteiger partial charge in [0.15, 0.2) is 5.65 Å². The number of hydrogen-bond acceptors (Lipinski definition) is 3. The largest absolute Gasteiger partial charge is 0.481 e. The van der Waals surface area contributed by atoms with Crippen LogP contribution in [0.25, 0.3) is 11.2 Å². The van der Waals surface area contributed by atoms with Crippen LogP contribution in [-0.2, 0) is 17.8 Å². The predicted octanol–water partition coefficient (Wildman–Crippen LogP) is 4.19. The summed E-state index contributed by atoms with van der Waals surface area (Å²) in [6.07, 6.45) is 2.78. The van der Waals surface area contributed by atoms with Gasteiger partial charge in [0.05, 0.1) is 11.6 Å². The Kier molecular flexibility index (Phi) is 5.02. The Morgan fingerprint density at radius 2 is 1.92 bits per heavy atom. The molecule has 5 nitrogen and oxygen atoms in total. The number of hydrogen-bond donors (Lipinski definition) is 1. The van der Waals surface area contributed by atoms with Gasteiger partial charge in [-0.05, 0) is 30.2 Å². The Hall–Kier alpha value is -2.11. The van der Waals surface area contributed by atoms with Gasteiger partial charge in [0.1, 0.15) is 11.3 Å². The normalized spacial score (nSPS) is 11.1. The van der Waals surface area contributed by atoms with Crippen molar-refractivity contribution in [1.29, 1.82) is 0 Å². The van der Waals surface area contributed by atoms with Crippen LogP contribution in [0.1, 0.15) is 24.2 Å². The van der Waals surface area contributed by atoms with Gasteiger partial charge < -0.3 is 9.67 Å². The van der Waals surface area contributed by atoms with E-state index in [0.29, 0.717) is 34.9 Å². The third-order valence-electron chi connectivity index (χ3n) is 3.68. The molecule has 1 N–H and O–H groups in total. The van der Waals surface area contributed by atoms with Crippen LogP contribution in [0.2, 0.25) is 10.0 Å². The number of halogens is 2. The van der Waals surface area contributed by atoms with Gasteiger partial charge in [-0.1, -0.05) is 35.3 Å². The number of aromatic nitrogens is 3. The fourth-order valence-corrected chi connectivity index (χ4v) is 2.84. The van der Waals surface area contributed by atoms with Crippen molar-refractivity contribution in [3.63, 3.8) is 0 Å². The van der Waals surface area contributed by atoms with Crippen molar-refractivity contribution < 1.29 is 9.90 Å². The molecule has 0 aliphatic carbocycles. The second-order valence-electron chi connectivity index (χ2n) is 5.48. The van der Waals surface area contributed by atoms with Crippen molar-refractivity contribution in [2.75, 3.05) is 0 Å². The first-order valence-corrected chi connectivity index (χ1v) is 8.25. The summed E-state index contributed by atoms with van der Waals surface area (Å²) in [5.74, 6) is -0.00695. The molecule has 1 aromatic carbocycles. The number of rotatable bonds is 6. The molecule has 0 aliphatic heterocycles. The number of carboxylic acids is 1. The lowest BCUT2D eigenvalue weighted by atomic mass is 10.2. The van der Waals surface area contributed by atoms with Crippen LogP contribution in [0.4, 0.5) is 0 Å². The van der Waals surface area contributed by atoms with Crippen molar-refractivity contribution in [3.8, 4) is 0 Å². The Morgan fingerprint density at radius 1 is 1.17 bits per heavy atom. The molecule has 0 bridgehead atoms. The van der Waals surface area contributed by atoms with E-state index in [0.717, 1.165) is 17.0 Å². The molecule has 3 rings (SSSR count). The molecule has 2 heterocycles. The van der Waals surface area contributed by atoms with E-state index in [2.05, 4.69) is 9.97 Å². The zero-order valence-electron chi connectivity index (χ0n) is 12.7. The summed E-state index contributed by atoms with van der Waals surface area (Å²) < 4.78 is 2.00. The first kappa shape index (κ1) is 16.7. The van der Waals surface area contributed by atoms with Crippen molar-refractivity contribution in [2.24, 2.45) is 0 Å². The summed E-state index contributed by atoms with van der Waals surface area (Å²) in [5.41, 5.74) is 2.51. The van der Waals surface area contributed by atoms with E-state index in [-0.39, 0.29) is 6.42 Å². The van der Waals surface area contributed by atoms with E-state index < -0.39 is 5.97 Å². The first-order valence-electron chi connectivity index (χ1n) is 7.50. The third kappa shape index (κ3) is 3.86. The molecule has 24 heavy (non-hydrogen) atoms. The summed E-state index contributed by atoms with van der Waals surface area (Å²) in [6, 6.07) is 9.34. The van der Waals surface area contributed by atoms with Gasteiger partial charge in [-0.3, -0.25) is 4.79 Å². The second-order valence-corrected chi connectivity index (χ2v) is 6.36. The molecule has 0 radical (unpaired) electrons. The van der Waals surface area contributed by atoms with Gasteiger partial charge in [0.2, 0.25) is 0 Å². The molecule has 0 amide bonds. The zero-order chi connectivity index (χ0) is 17.1. The molecule has 124 valence electrons. The lowest BCUT2D eigenvalue weighted by molar-refractivity contribution is -0.137. The molecule has 0 unspecified atom stereocenters. The number of nitrogens with zero attached hydrogens (tertiary/aromatic N) is 3. The van der Waals surface area contributed by atoms with Crippen LogP contribution in [0.15, 0.2) is 36.5 Å². The molecule has 2 aromatic heterocycles. The molecule has 3 aromatic rings. The van der Waals surface area contributed by atoms with Gasteiger partial charge >= 0.3 is 5.97 Å². The van der Waals surface area contributed by atoms with Gasteiger partial charge in [0, 0.05) is 24.1 Å². The lowest BCUT2D eigenvalue weighted by Gasteiger charge is -2.09. The monoisotopic (exact) mass is 363 g/mol.